The molecule has 2 unspecified atom stereocenters. The minimum absolute atomic E-state index is 0. The molecule has 1 saturated carbocycles. The van der Waals surface area contributed by atoms with E-state index in [9.17, 15) is 9.59 Å². The van der Waals surface area contributed by atoms with Crippen LogP contribution in [0.2, 0.25) is 0 Å². The topological polar surface area (TPSA) is 209 Å². The zero-order valence-electron chi connectivity index (χ0n) is 22.3. The van der Waals surface area contributed by atoms with Crippen LogP contribution in [-0.4, -0.2) is 74.6 Å². The number of carboxylic acid groups (broad SMARTS) is 4. The van der Waals surface area contributed by atoms with Crippen LogP contribution in [0, 0.1) is 0 Å². The van der Waals surface area contributed by atoms with Gasteiger partial charge in [0, 0.05) is 28.5 Å². The van der Waals surface area contributed by atoms with E-state index in [1.54, 1.807) is 23.5 Å². The molecule has 2 aromatic rings. The van der Waals surface area contributed by atoms with Crippen molar-refractivity contribution < 1.29 is 60.7 Å². The molecule has 14 heteroatoms. The number of benzene rings is 2. The zero-order chi connectivity index (χ0) is 30.2. The predicted molar refractivity (Wildman–Crippen MR) is 157 cm³/mol. The summed E-state index contributed by atoms with van der Waals surface area (Å²) < 4.78 is 0. The van der Waals surface area contributed by atoms with Crippen LogP contribution < -0.4 is 5.32 Å². The SMILES string of the molecule is O=C(O)C(=O)O.O=C(O)CCCSc1ccccc1.O=C(O)NCCSc1ccccc1.[NH-]C1CCCCC1[NH-].[Pt+2]. The monoisotopic (exact) mass is 790 g/mol. The van der Waals surface area contributed by atoms with Gasteiger partial charge in [-0.3, -0.25) is 4.79 Å². The van der Waals surface area contributed by atoms with E-state index in [0.29, 0.717) is 6.54 Å². The number of amides is 1. The molecule has 11 nitrogen and oxygen atoms in total. The molecule has 0 bridgehead atoms. The van der Waals surface area contributed by atoms with Gasteiger partial charge in [-0.1, -0.05) is 62.1 Å². The van der Waals surface area contributed by atoms with E-state index >= 15 is 0 Å². The van der Waals surface area contributed by atoms with E-state index in [1.165, 1.54) is 17.7 Å². The van der Waals surface area contributed by atoms with Crippen molar-refractivity contribution in [1.29, 1.82) is 0 Å². The Morgan fingerprint density at radius 1 is 0.732 bits per heavy atom. The van der Waals surface area contributed by atoms with Crippen LogP contribution >= 0.6 is 23.5 Å². The summed E-state index contributed by atoms with van der Waals surface area (Å²) in [5.74, 6) is -2.73. The van der Waals surface area contributed by atoms with Crippen LogP contribution in [-0.2, 0) is 35.4 Å². The molecule has 41 heavy (non-hydrogen) atoms. The van der Waals surface area contributed by atoms with Crippen molar-refractivity contribution in [2.24, 2.45) is 0 Å². The molecule has 0 radical (unpaired) electrons. The normalized spacial score (nSPS) is 15.0. The summed E-state index contributed by atoms with van der Waals surface area (Å²) in [7, 11) is 0. The van der Waals surface area contributed by atoms with Crippen molar-refractivity contribution in [2.75, 3.05) is 18.1 Å². The third-order valence-corrected chi connectivity index (χ3v) is 7.00. The maximum atomic E-state index is 10.2. The number of thioether (sulfide) groups is 2. The molecule has 1 aliphatic rings. The van der Waals surface area contributed by atoms with E-state index in [2.05, 4.69) is 5.32 Å². The molecule has 2 atom stereocenters. The van der Waals surface area contributed by atoms with Gasteiger partial charge in [-0.05, 0) is 36.4 Å². The second-order valence-electron chi connectivity index (χ2n) is 8.16. The van der Waals surface area contributed by atoms with Crippen LogP contribution in [0.5, 0.6) is 0 Å². The summed E-state index contributed by atoms with van der Waals surface area (Å²) in [6.07, 6.45) is 4.28. The van der Waals surface area contributed by atoms with Crippen LogP contribution in [0.3, 0.4) is 0 Å². The van der Waals surface area contributed by atoms with Gasteiger partial charge in [-0.15, -0.1) is 23.5 Å². The number of nitrogens with one attached hydrogen (secondary N) is 3. The van der Waals surface area contributed by atoms with Crippen molar-refractivity contribution in [3.63, 3.8) is 0 Å². The minimum Gasteiger partial charge on any atom is -0.676 e. The minimum atomic E-state index is -1.82. The average molecular weight is 791 g/mol. The molecule has 7 N–H and O–H groups in total. The van der Waals surface area contributed by atoms with Crippen LogP contribution in [0.4, 0.5) is 4.79 Å². The summed E-state index contributed by atoms with van der Waals surface area (Å²) in [5.41, 5.74) is 14.6. The Kier molecular flexibility index (Phi) is 26.1. The standard InChI is InChI=1S/C10H12O2S.C9H11NO2S.C6H12N2.C2H2O4.Pt/c11-10(12)7-4-8-13-9-5-2-1-3-6-9;11-9(12)10-6-7-13-8-4-2-1-3-5-8;7-5-3-1-2-4-6(5)8;3-1(4)2(5)6;/h1-3,5-6H,4,7-8H2,(H,11,12);1-5,10H,6-7H2,(H,11,12);5-8H,1-4H2;(H,3,4)(H,5,6);/q;;-2;;+2. The van der Waals surface area contributed by atoms with Gasteiger partial charge in [0.1, 0.15) is 0 Å². The quantitative estimate of drug-likeness (QED) is 0.110. The maximum Gasteiger partial charge on any atom is 2.00 e. The van der Waals surface area contributed by atoms with E-state index in [-0.39, 0.29) is 39.6 Å². The van der Waals surface area contributed by atoms with Crippen LogP contribution in [0.1, 0.15) is 38.5 Å². The van der Waals surface area contributed by atoms with Gasteiger partial charge in [0.2, 0.25) is 0 Å². The predicted octanol–water partition coefficient (Wildman–Crippen LogP) is 6.24. The summed E-state index contributed by atoms with van der Waals surface area (Å²) in [5, 5.41) is 33.8. The fourth-order valence-corrected chi connectivity index (χ4v) is 4.57. The van der Waals surface area contributed by atoms with Gasteiger partial charge < -0.3 is 37.2 Å². The zero-order valence-corrected chi connectivity index (χ0v) is 26.3. The molecule has 1 aliphatic carbocycles. The first-order chi connectivity index (χ1) is 19.0. The van der Waals surface area contributed by atoms with Crippen LogP contribution in [0.25, 0.3) is 11.5 Å². The van der Waals surface area contributed by atoms with Crippen molar-refractivity contribution in [3.05, 3.63) is 72.1 Å². The molecular formula is C27H37N3O8PtS2. The number of rotatable bonds is 9. The fraction of sp³-hybridized carbons (Fsp3) is 0.407. The van der Waals surface area contributed by atoms with E-state index < -0.39 is 24.0 Å². The Labute approximate surface area is 263 Å². The largest absolute Gasteiger partial charge is 2.00 e. The molecule has 1 amide bonds. The van der Waals surface area contributed by atoms with Gasteiger partial charge in [0.25, 0.3) is 0 Å². The first kappa shape index (κ1) is 40.6. The molecule has 0 aromatic heterocycles. The third kappa shape index (κ3) is 26.1. The molecule has 0 heterocycles. The molecule has 1 fully saturated rings. The van der Waals surface area contributed by atoms with Gasteiger partial charge in [-0.2, -0.15) is 12.1 Å². The average Bonchev–Trinajstić information content (AvgIpc) is 2.93. The third-order valence-electron chi connectivity index (χ3n) is 4.89. The van der Waals surface area contributed by atoms with Crippen LogP contribution in [0.15, 0.2) is 70.5 Å². The fourth-order valence-electron chi connectivity index (χ4n) is 2.90. The van der Waals surface area contributed by atoms with Crippen molar-refractivity contribution in [1.82, 2.24) is 5.32 Å². The Balaban J connectivity index is 0. The molecule has 0 spiro atoms. The first-order valence-electron chi connectivity index (χ1n) is 12.5. The summed E-state index contributed by atoms with van der Waals surface area (Å²) >= 11 is 3.34. The number of hydrogen-bond donors (Lipinski definition) is 5. The van der Waals surface area contributed by atoms with Gasteiger partial charge in [0.15, 0.2) is 0 Å². The maximum absolute atomic E-state index is 10.2. The van der Waals surface area contributed by atoms with Crippen molar-refractivity contribution >= 4 is 47.5 Å². The Morgan fingerprint density at radius 2 is 1.15 bits per heavy atom. The molecular weight excluding hydrogens is 754 g/mol. The number of aliphatic carboxylic acids is 3. The Morgan fingerprint density at radius 3 is 1.49 bits per heavy atom. The number of hydrogen-bond acceptors (Lipinski definition) is 6. The molecule has 0 aliphatic heterocycles. The summed E-state index contributed by atoms with van der Waals surface area (Å²) in [4.78, 5) is 40.9. The van der Waals surface area contributed by atoms with E-state index in [0.717, 1.165) is 35.7 Å². The van der Waals surface area contributed by atoms with Gasteiger partial charge in [-0.25, -0.2) is 14.4 Å². The smallest absolute Gasteiger partial charge is 0.676 e. The molecule has 0 saturated heterocycles. The van der Waals surface area contributed by atoms with Crippen molar-refractivity contribution in [3.8, 4) is 0 Å². The Bertz CT molecular complexity index is 912. The van der Waals surface area contributed by atoms with Gasteiger partial charge in [0.05, 0.1) is 0 Å². The summed E-state index contributed by atoms with van der Waals surface area (Å²) in [6.45, 7) is 0.481. The second kappa shape index (κ2) is 26.3. The summed E-state index contributed by atoms with van der Waals surface area (Å²) in [6, 6.07) is 19.8. The molecule has 230 valence electrons. The molecule has 2 aromatic carbocycles. The first-order valence-corrected chi connectivity index (χ1v) is 14.4. The van der Waals surface area contributed by atoms with E-state index in [4.69, 9.17) is 41.5 Å². The number of carboxylic acids is 3. The Hall–Kier alpha value is -2.57. The van der Waals surface area contributed by atoms with Crippen molar-refractivity contribution in [2.45, 2.75) is 60.4 Å². The number of carbonyl (C=O) groups is 4. The second-order valence-corrected chi connectivity index (χ2v) is 10.5. The van der Waals surface area contributed by atoms with E-state index in [1.807, 2.05) is 60.7 Å². The molecule has 3 rings (SSSR count). The van der Waals surface area contributed by atoms with Gasteiger partial charge >= 0.3 is 45.1 Å².